The highest BCUT2D eigenvalue weighted by atomic mass is 127. The van der Waals surface area contributed by atoms with Gasteiger partial charge in [-0.2, -0.15) is 0 Å². The number of rotatable bonds is 9. The Kier molecular flexibility index (Phi) is 10.3. The quantitative estimate of drug-likeness (QED) is 0.224. The van der Waals surface area contributed by atoms with Gasteiger partial charge in [0.1, 0.15) is 0 Å². The molecule has 6 nitrogen and oxygen atoms in total. The number of aliphatic imine (C=N–C) groups is 1. The van der Waals surface area contributed by atoms with E-state index in [0.29, 0.717) is 12.6 Å². The fourth-order valence-electron chi connectivity index (χ4n) is 4.76. The molecule has 0 spiro atoms. The molecule has 7 heteroatoms. The van der Waals surface area contributed by atoms with Crippen LogP contribution in [0, 0.1) is 5.41 Å². The van der Waals surface area contributed by atoms with Gasteiger partial charge in [-0.25, -0.2) is 0 Å². The topological polar surface area (TPSA) is 77.9 Å². The van der Waals surface area contributed by atoms with Gasteiger partial charge in [0.15, 0.2) is 5.96 Å². The minimum atomic E-state index is 0. The monoisotopic (exact) mass is 530 g/mol. The van der Waals surface area contributed by atoms with Crippen molar-refractivity contribution in [1.29, 1.82) is 0 Å². The van der Waals surface area contributed by atoms with Crippen LogP contribution < -0.4 is 16.0 Å². The van der Waals surface area contributed by atoms with Crippen molar-refractivity contribution in [2.45, 2.75) is 57.0 Å². The Morgan fingerprint density at radius 3 is 2.43 bits per heavy atom. The van der Waals surface area contributed by atoms with Crippen molar-refractivity contribution >= 4 is 29.9 Å². The third-order valence-electron chi connectivity index (χ3n) is 6.66. The number of benzene rings is 1. The van der Waals surface area contributed by atoms with E-state index in [2.05, 4.69) is 58.2 Å². The van der Waals surface area contributed by atoms with Gasteiger partial charge in [0.05, 0.1) is 6.61 Å². The lowest BCUT2D eigenvalue weighted by molar-refractivity contribution is 0.127. The number of aliphatic hydroxyl groups is 1. The number of hydrogen-bond donors (Lipinski definition) is 4. The van der Waals surface area contributed by atoms with Crippen molar-refractivity contribution in [3.8, 4) is 0 Å². The van der Waals surface area contributed by atoms with E-state index in [1.807, 2.05) is 7.05 Å². The molecule has 2 atom stereocenters. The van der Waals surface area contributed by atoms with E-state index < -0.39 is 0 Å². The second-order valence-electron chi connectivity index (χ2n) is 8.82. The molecule has 1 aliphatic carbocycles. The van der Waals surface area contributed by atoms with Gasteiger partial charge in [0, 0.05) is 50.3 Å². The van der Waals surface area contributed by atoms with Crippen molar-refractivity contribution in [1.82, 2.24) is 16.0 Å². The largest absolute Gasteiger partial charge is 0.396 e. The van der Waals surface area contributed by atoms with Crippen LogP contribution in [0.25, 0.3) is 0 Å². The first-order valence-electron chi connectivity index (χ1n) is 11.1. The zero-order valence-corrected chi connectivity index (χ0v) is 20.8. The second kappa shape index (κ2) is 12.2. The lowest BCUT2D eigenvalue weighted by Crippen LogP contribution is -2.55. The van der Waals surface area contributed by atoms with Crippen molar-refractivity contribution < 1.29 is 9.84 Å². The number of hydrogen-bond acceptors (Lipinski definition) is 4. The van der Waals surface area contributed by atoms with Gasteiger partial charge in [-0.3, -0.25) is 4.99 Å². The molecule has 170 valence electrons. The van der Waals surface area contributed by atoms with Crippen molar-refractivity contribution in [3.05, 3.63) is 35.9 Å². The molecule has 0 aromatic heterocycles. The third-order valence-corrected chi connectivity index (χ3v) is 6.66. The fraction of sp³-hybridized carbons (Fsp3) is 0.696. The molecule has 3 rings (SSSR count). The number of aliphatic hydroxyl groups excluding tert-OH is 1. The summed E-state index contributed by atoms with van der Waals surface area (Å²) in [4.78, 5) is 4.43. The minimum absolute atomic E-state index is 0. The van der Waals surface area contributed by atoms with Crippen LogP contribution in [-0.2, 0) is 4.74 Å². The fourth-order valence-corrected chi connectivity index (χ4v) is 4.76. The zero-order chi connectivity index (χ0) is 20.6. The number of ether oxygens (including phenoxy) is 1. The summed E-state index contributed by atoms with van der Waals surface area (Å²) in [5, 5.41) is 20.4. The molecular formula is C23H39IN4O2. The average molecular weight is 530 g/mol. The average Bonchev–Trinajstić information content (AvgIpc) is 3.40. The van der Waals surface area contributed by atoms with Crippen LogP contribution in [0.4, 0.5) is 0 Å². The Bertz CT molecular complexity index is 644. The lowest BCUT2D eigenvalue weighted by atomic mass is 9.84. The van der Waals surface area contributed by atoms with Crippen LogP contribution in [0.2, 0.25) is 0 Å². The van der Waals surface area contributed by atoms with Crippen LogP contribution >= 0.6 is 24.0 Å². The molecule has 1 aromatic carbocycles. The highest BCUT2D eigenvalue weighted by Crippen LogP contribution is 2.32. The molecule has 0 amide bonds. The smallest absolute Gasteiger partial charge is 0.191 e. The molecule has 30 heavy (non-hydrogen) atoms. The van der Waals surface area contributed by atoms with Gasteiger partial charge >= 0.3 is 0 Å². The summed E-state index contributed by atoms with van der Waals surface area (Å²) < 4.78 is 5.60. The summed E-state index contributed by atoms with van der Waals surface area (Å²) in [6.07, 6.45) is 6.62. The van der Waals surface area contributed by atoms with Gasteiger partial charge in [-0.1, -0.05) is 43.2 Å². The summed E-state index contributed by atoms with van der Waals surface area (Å²) in [5.74, 6) is 0.828. The summed E-state index contributed by atoms with van der Waals surface area (Å²) in [6, 6.07) is 11.0. The maximum Gasteiger partial charge on any atom is 0.191 e. The van der Waals surface area contributed by atoms with Crippen LogP contribution in [-0.4, -0.2) is 56.6 Å². The van der Waals surface area contributed by atoms with Crippen LogP contribution in [0.3, 0.4) is 0 Å². The molecule has 1 saturated heterocycles. The molecule has 2 fully saturated rings. The number of nitrogens with zero attached hydrogens (tertiary/aromatic N) is 1. The minimum Gasteiger partial charge on any atom is -0.396 e. The van der Waals surface area contributed by atoms with Crippen LogP contribution in [0.1, 0.15) is 57.1 Å². The van der Waals surface area contributed by atoms with Gasteiger partial charge in [-0.15, -0.1) is 24.0 Å². The highest BCUT2D eigenvalue weighted by Gasteiger charge is 2.36. The number of nitrogens with one attached hydrogen (secondary N) is 3. The molecular weight excluding hydrogens is 491 g/mol. The van der Waals surface area contributed by atoms with Crippen molar-refractivity contribution in [2.75, 3.05) is 40.0 Å². The summed E-state index contributed by atoms with van der Waals surface area (Å²) in [5.41, 5.74) is 1.43. The molecule has 2 aliphatic rings. The van der Waals surface area contributed by atoms with E-state index in [-0.39, 0.29) is 41.5 Å². The van der Waals surface area contributed by atoms with Gasteiger partial charge < -0.3 is 25.8 Å². The predicted octanol–water partition coefficient (Wildman–Crippen LogP) is 3.22. The van der Waals surface area contributed by atoms with E-state index in [1.165, 1.54) is 31.2 Å². The highest BCUT2D eigenvalue weighted by molar-refractivity contribution is 14.0. The van der Waals surface area contributed by atoms with Gasteiger partial charge in [0.25, 0.3) is 0 Å². The van der Waals surface area contributed by atoms with E-state index in [0.717, 1.165) is 38.5 Å². The second-order valence-corrected chi connectivity index (χ2v) is 8.82. The Morgan fingerprint density at radius 2 is 1.83 bits per heavy atom. The Morgan fingerprint density at radius 1 is 1.13 bits per heavy atom. The van der Waals surface area contributed by atoms with E-state index in [4.69, 9.17) is 4.74 Å². The van der Waals surface area contributed by atoms with Gasteiger partial charge in [0.2, 0.25) is 0 Å². The Balaban J connectivity index is 0.00000320. The van der Waals surface area contributed by atoms with Gasteiger partial charge in [-0.05, 0) is 38.2 Å². The van der Waals surface area contributed by atoms with E-state index in [1.54, 1.807) is 0 Å². The molecule has 1 saturated carbocycles. The lowest BCUT2D eigenvalue weighted by Gasteiger charge is -2.35. The van der Waals surface area contributed by atoms with Crippen molar-refractivity contribution in [3.63, 3.8) is 0 Å². The summed E-state index contributed by atoms with van der Waals surface area (Å²) in [7, 11) is 1.82. The summed E-state index contributed by atoms with van der Waals surface area (Å²) in [6.45, 7) is 5.56. The van der Waals surface area contributed by atoms with Crippen molar-refractivity contribution in [2.24, 2.45) is 10.4 Å². The van der Waals surface area contributed by atoms with E-state index >= 15 is 0 Å². The SMILES string of the molecule is CN=C(NCC1(CCO)CCOC1)NCC1(NC(C)c2ccccc2)CCCC1.I. The normalized spacial score (nSPS) is 24.3. The Hall–Kier alpha value is -0.900. The molecule has 1 aliphatic heterocycles. The first-order chi connectivity index (χ1) is 14.1. The number of halogens is 1. The van der Waals surface area contributed by atoms with Crippen LogP contribution in [0.5, 0.6) is 0 Å². The molecule has 1 heterocycles. The molecule has 1 aromatic rings. The maximum atomic E-state index is 9.44. The first kappa shape index (κ1) is 25.4. The molecule has 4 N–H and O–H groups in total. The molecule has 0 radical (unpaired) electrons. The standard InChI is InChI=1S/C23H38N4O2.HI/c1-19(20-8-4-3-5-9-20)27-23(10-6-7-11-23)17-26-21(24-2)25-16-22(12-14-28)13-15-29-18-22;/h3-5,8-9,19,27-28H,6-7,10-18H2,1-2H3,(H2,24,25,26);1H. The predicted molar refractivity (Wildman–Crippen MR) is 134 cm³/mol. The zero-order valence-electron chi connectivity index (χ0n) is 18.5. The van der Waals surface area contributed by atoms with E-state index in [9.17, 15) is 5.11 Å². The van der Waals surface area contributed by atoms with Crippen LogP contribution in [0.15, 0.2) is 35.3 Å². The maximum absolute atomic E-state index is 9.44. The molecule has 0 bridgehead atoms. The first-order valence-corrected chi connectivity index (χ1v) is 11.1. The molecule has 2 unspecified atom stereocenters. The Labute approximate surface area is 198 Å². The number of guanidine groups is 1. The third kappa shape index (κ3) is 6.80. The summed E-state index contributed by atoms with van der Waals surface area (Å²) >= 11 is 0.